The molecular weight excluding hydrogens is 385 g/mol. The Bertz CT molecular complexity index is 1090. The van der Waals surface area contributed by atoms with Gasteiger partial charge >= 0.3 is 11.8 Å². The maximum Gasteiger partial charge on any atom is 0.329 e. The van der Waals surface area contributed by atoms with E-state index >= 15 is 0 Å². The number of hydrogen-bond acceptors (Lipinski definition) is 4. The van der Waals surface area contributed by atoms with Crippen molar-refractivity contribution in [2.45, 2.75) is 6.61 Å². The van der Waals surface area contributed by atoms with Crippen LogP contribution < -0.4 is 15.5 Å². The third-order valence-electron chi connectivity index (χ3n) is 4.21. The lowest BCUT2D eigenvalue weighted by molar-refractivity contribution is -0.139. The number of ether oxygens (including phenoxy) is 1. The summed E-state index contributed by atoms with van der Waals surface area (Å²) in [6, 6.07) is 17.4. The van der Waals surface area contributed by atoms with Crippen molar-refractivity contribution in [2.75, 3.05) is 6.54 Å². The standard InChI is InChI=1S/C23H20FN3O3/c1-2-13-25-22(28)23(29)27-26-14-20-19-6-4-3-5-17(19)9-12-21(20)30-15-16-7-10-18(24)11-8-16/h2-12,14H,1,13,15H2,(H,25,28)(H,27,29)/b26-14-. The van der Waals surface area contributed by atoms with Crippen LogP contribution in [0.4, 0.5) is 4.39 Å². The smallest absolute Gasteiger partial charge is 0.329 e. The Hall–Kier alpha value is -4.00. The van der Waals surface area contributed by atoms with E-state index in [1.807, 2.05) is 30.3 Å². The SMILES string of the molecule is C=CCNC(=O)C(=O)N/N=C\c1c(OCc2ccc(F)cc2)ccc2ccccc12. The molecule has 0 aliphatic heterocycles. The summed E-state index contributed by atoms with van der Waals surface area (Å²) in [5.41, 5.74) is 3.64. The zero-order valence-corrected chi connectivity index (χ0v) is 16.1. The van der Waals surface area contributed by atoms with E-state index in [2.05, 4.69) is 22.4 Å². The molecule has 0 saturated heterocycles. The average Bonchev–Trinajstić information content (AvgIpc) is 2.77. The number of hydrogen-bond donors (Lipinski definition) is 2. The molecule has 0 aromatic heterocycles. The second-order valence-electron chi connectivity index (χ2n) is 6.31. The Kier molecular flexibility index (Phi) is 6.89. The molecule has 2 amide bonds. The Morgan fingerprint density at radius 3 is 2.57 bits per heavy atom. The maximum absolute atomic E-state index is 13.1. The predicted molar refractivity (Wildman–Crippen MR) is 114 cm³/mol. The molecule has 3 aromatic rings. The normalized spacial score (nSPS) is 10.7. The van der Waals surface area contributed by atoms with Crippen molar-refractivity contribution in [3.8, 4) is 5.75 Å². The van der Waals surface area contributed by atoms with Crippen molar-refractivity contribution in [3.05, 3.63) is 90.3 Å². The van der Waals surface area contributed by atoms with Crippen LogP contribution in [0.5, 0.6) is 5.75 Å². The molecular formula is C23H20FN3O3. The number of halogens is 1. The monoisotopic (exact) mass is 405 g/mol. The Morgan fingerprint density at radius 2 is 1.80 bits per heavy atom. The molecule has 0 radical (unpaired) electrons. The average molecular weight is 405 g/mol. The summed E-state index contributed by atoms with van der Waals surface area (Å²) in [5.74, 6) is -1.47. The largest absolute Gasteiger partial charge is 0.488 e. The van der Waals surface area contributed by atoms with Gasteiger partial charge in [-0.1, -0.05) is 48.5 Å². The predicted octanol–water partition coefficient (Wildman–Crippen LogP) is 3.31. The second-order valence-corrected chi connectivity index (χ2v) is 6.31. The summed E-state index contributed by atoms with van der Waals surface area (Å²) in [4.78, 5) is 23.4. The first-order valence-electron chi connectivity index (χ1n) is 9.19. The van der Waals surface area contributed by atoms with E-state index in [9.17, 15) is 14.0 Å². The molecule has 0 aliphatic rings. The molecule has 6 nitrogen and oxygen atoms in total. The van der Waals surface area contributed by atoms with Gasteiger partial charge in [0, 0.05) is 12.1 Å². The summed E-state index contributed by atoms with van der Waals surface area (Å²) in [5, 5.41) is 8.10. The van der Waals surface area contributed by atoms with Gasteiger partial charge in [-0.15, -0.1) is 6.58 Å². The van der Waals surface area contributed by atoms with E-state index in [1.165, 1.54) is 24.4 Å². The molecule has 3 rings (SSSR count). The second kappa shape index (κ2) is 9.97. The summed E-state index contributed by atoms with van der Waals surface area (Å²) < 4.78 is 19.0. The first-order chi connectivity index (χ1) is 14.6. The molecule has 0 atom stereocenters. The van der Waals surface area contributed by atoms with Gasteiger partial charge in [-0.3, -0.25) is 9.59 Å². The van der Waals surface area contributed by atoms with Crippen molar-refractivity contribution in [1.29, 1.82) is 0 Å². The summed E-state index contributed by atoms with van der Waals surface area (Å²) in [6.45, 7) is 3.88. The van der Waals surface area contributed by atoms with Crippen molar-refractivity contribution >= 4 is 28.8 Å². The fraction of sp³-hybridized carbons (Fsp3) is 0.0870. The number of carbonyl (C=O) groups excluding carboxylic acids is 2. The zero-order chi connectivity index (χ0) is 21.3. The number of amides is 2. The summed E-state index contributed by atoms with van der Waals surface area (Å²) >= 11 is 0. The molecule has 3 aromatic carbocycles. The highest BCUT2D eigenvalue weighted by atomic mass is 19.1. The van der Waals surface area contributed by atoms with Gasteiger partial charge in [-0.05, 0) is 34.5 Å². The lowest BCUT2D eigenvalue weighted by Crippen LogP contribution is -2.37. The molecule has 7 heteroatoms. The fourth-order valence-electron chi connectivity index (χ4n) is 2.73. The molecule has 0 unspecified atom stereocenters. The maximum atomic E-state index is 13.1. The van der Waals surface area contributed by atoms with Crippen LogP contribution in [0.3, 0.4) is 0 Å². The molecule has 0 spiro atoms. The minimum absolute atomic E-state index is 0.181. The number of carbonyl (C=O) groups is 2. The van der Waals surface area contributed by atoms with E-state index in [0.717, 1.165) is 16.3 Å². The number of nitrogens with one attached hydrogen (secondary N) is 2. The number of benzene rings is 3. The van der Waals surface area contributed by atoms with Crippen LogP contribution >= 0.6 is 0 Å². The van der Waals surface area contributed by atoms with E-state index in [1.54, 1.807) is 18.2 Å². The van der Waals surface area contributed by atoms with Crippen LogP contribution in [0.15, 0.2) is 78.4 Å². The summed E-state index contributed by atoms with van der Waals surface area (Å²) in [6.07, 6.45) is 2.90. The number of hydrazone groups is 1. The van der Waals surface area contributed by atoms with Crippen LogP contribution in [-0.2, 0) is 16.2 Å². The Labute approximate surface area is 173 Å². The van der Waals surface area contributed by atoms with Crippen LogP contribution in [0.25, 0.3) is 10.8 Å². The molecule has 2 N–H and O–H groups in total. The molecule has 0 heterocycles. The van der Waals surface area contributed by atoms with Crippen molar-refractivity contribution in [3.63, 3.8) is 0 Å². The van der Waals surface area contributed by atoms with Gasteiger partial charge in [0.15, 0.2) is 0 Å². The molecule has 0 saturated carbocycles. The van der Waals surface area contributed by atoms with E-state index in [4.69, 9.17) is 4.74 Å². The molecule has 30 heavy (non-hydrogen) atoms. The van der Waals surface area contributed by atoms with E-state index in [0.29, 0.717) is 11.3 Å². The van der Waals surface area contributed by atoms with Crippen molar-refractivity contribution in [2.24, 2.45) is 5.10 Å². The summed E-state index contributed by atoms with van der Waals surface area (Å²) in [7, 11) is 0. The topological polar surface area (TPSA) is 79.8 Å². The lowest BCUT2D eigenvalue weighted by Gasteiger charge is -2.12. The molecule has 0 bridgehead atoms. The highest BCUT2D eigenvalue weighted by molar-refractivity contribution is 6.35. The van der Waals surface area contributed by atoms with Crippen molar-refractivity contribution in [1.82, 2.24) is 10.7 Å². The van der Waals surface area contributed by atoms with Crippen LogP contribution in [0.2, 0.25) is 0 Å². The first kappa shape index (κ1) is 20.7. The van der Waals surface area contributed by atoms with Gasteiger partial charge in [0.05, 0.1) is 6.21 Å². The number of fused-ring (bicyclic) bond motifs is 1. The van der Waals surface area contributed by atoms with Gasteiger partial charge in [0.1, 0.15) is 18.2 Å². The van der Waals surface area contributed by atoms with E-state index in [-0.39, 0.29) is 19.0 Å². The van der Waals surface area contributed by atoms with Gasteiger partial charge in [-0.25, -0.2) is 9.82 Å². The highest BCUT2D eigenvalue weighted by Crippen LogP contribution is 2.27. The molecule has 152 valence electrons. The lowest BCUT2D eigenvalue weighted by atomic mass is 10.0. The van der Waals surface area contributed by atoms with Gasteiger partial charge in [0.2, 0.25) is 0 Å². The third-order valence-corrected chi connectivity index (χ3v) is 4.21. The van der Waals surface area contributed by atoms with Gasteiger partial charge < -0.3 is 10.1 Å². The zero-order valence-electron chi connectivity index (χ0n) is 16.1. The van der Waals surface area contributed by atoms with Crippen LogP contribution in [0.1, 0.15) is 11.1 Å². The molecule has 0 aliphatic carbocycles. The van der Waals surface area contributed by atoms with Crippen molar-refractivity contribution < 1.29 is 18.7 Å². The highest BCUT2D eigenvalue weighted by Gasteiger charge is 2.12. The first-order valence-corrected chi connectivity index (χ1v) is 9.19. The Morgan fingerprint density at radius 1 is 1.03 bits per heavy atom. The minimum Gasteiger partial charge on any atom is -0.488 e. The van der Waals surface area contributed by atoms with Gasteiger partial charge in [-0.2, -0.15) is 5.10 Å². The number of rotatable bonds is 7. The van der Waals surface area contributed by atoms with Crippen LogP contribution in [-0.4, -0.2) is 24.6 Å². The quantitative estimate of drug-likeness (QED) is 0.274. The molecule has 0 fully saturated rings. The van der Waals surface area contributed by atoms with E-state index < -0.39 is 11.8 Å². The van der Waals surface area contributed by atoms with Crippen LogP contribution in [0, 0.1) is 5.82 Å². The Balaban J connectivity index is 1.80. The fourth-order valence-corrected chi connectivity index (χ4v) is 2.73. The minimum atomic E-state index is -0.887. The third kappa shape index (κ3) is 5.29. The van der Waals surface area contributed by atoms with Gasteiger partial charge in [0.25, 0.3) is 0 Å². The number of nitrogens with zero attached hydrogens (tertiary/aromatic N) is 1.